The van der Waals surface area contributed by atoms with Gasteiger partial charge in [-0.2, -0.15) is 4.31 Å². The predicted molar refractivity (Wildman–Crippen MR) is 112 cm³/mol. The monoisotopic (exact) mass is 430 g/mol. The van der Waals surface area contributed by atoms with E-state index in [1.165, 1.54) is 4.31 Å². The third-order valence-electron chi connectivity index (χ3n) is 6.02. The van der Waals surface area contributed by atoms with Crippen molar-refractivity contribution < 1.29 is 13.2 Å². The van der Waals surface area contributed by atoms with Gasteiger partial charge in [0.2, 0.25) is 15.9 Å². The maximum atomic E-state index is 13.0. The number of aryl methyl sites for hydroxylation is 1. The van der Waals surface area contributed by atoms with E-state index in [2.05, 4.69) is 9.97 Å². The number of rotatable bonds is 4. The van der Waals surface area contributed by atoms with Crippen LogP contribution in [0.3, 0.4) is 0 Å². The van der Waals surface area contributed by atoms with E-state index in [1.807, 2.05) is 31.2 Å². The smallest absolute Gasteiger partial charge is 0.254 e. The number of sulfonamides is 1. The van der Waals surface area contributed by atoms with E-state index in [1.54, 1.807) is 4.90 Å². The summed E-state index contributed by atoms with van der Waals surface area (Å²) in [7, 11) is -3.36. The first kappa shape index (κ1) is 20.7. The normalized spacial score (nSPS) is 19.7. The van der Waals surface area contributed by atoms with Crippen molar-refractivity contribution in [2.45, 2.75) is 45.2 Å². The van der Waals surface area contributed by atoms with Gasteiger partial charge in [0, 0.05) is 18.7 Å². The number of benzene rings is 1. The van der Waals surface area contributed by atoms with Gasteiger partial charge in [0.25, 0.3) is 5.56 Å². The molecule has 30 heavy (non-hydrogen) atoms. The van der Waals surface area contributed by atoms with E-state index in [9.17, 15) is 18.0 Å². The Balaban J connectivity index is 1.60. The van der Waals surface area contributed by atoms with E-state index in [-0.39, 0.29) is 30.6 Å². The van der Waals surface area contributed by atoms with Crippen LogP contribution < -0.4 is 5.56 Å². The zero-order chi connectivity index (χ0) is 21.5. The maximum absolute atomic E-state index is 13.0. The van der Waals surface area contributed by atoms with Gasteiger partial charge in [-0.15, -0.1) is 0 Å². The lowest BCUT2D eigenvalue weighted by Gasteiger charge is -2.28. The van der Waals surface area contributed by atoms with E-state index < -0.39 is 10.0 Å². The molecule has 4 rings (SSSR count). The van der Waals surface area contributed by atoms with Gasteiger partial charge in [0.15, 0.2) is 0 Å². The van der Waals surface area contributed by atoms with Crippen LogP contribution in [0.15, 0.2) is 29.1 Å². The van der Waals surface area contributed by atoms with Crippen molar-refractivity contribution >= 4 is 15.9 Å². The molecule has 160 valence electrons. The Bertz CT molecular complexity index is 1140. The molecule has 1 fully saturated rings. The summed E-state index contributed by atoms with van der Waals surface area (Å²) >= 11 is 0. The highest BCUT2D eigenvalue weighted by atomic mass is 32.2. The fraction of sp³-hybridized carbons (Fsp3) is 0.476. The van der Waals surface area contributed by atoms with Gasteiger partial charge in [0.05, 0.1) is 31.0 Å². The van der Waals surface area contributed by atoms with Gasteiger partial charge in [-0.1, -0.05) is 24.3 Å². The van der Waals surface area contributed by atoms with Crippen molar-refractivity contribution in [3.8, 4) is 0 Å². The number of carbonyl (C=O) groups excluding carboxylic acids is 1. The quantitative estimate of drug-likeness (QED) is 0.788. The molecular formula is C21H26N4O4S. The molecule has 0 radical (unpaired) electrons. The molecular weight excluding hydrogens is 404 g/mol. The van der Waals surface area contributed by atoms with Crippen LogP contribution in [0.2, 0.25) is 0 Å². The summed E-state index contributed by atoms with van der Waals surface area (Å²) in [5.41, 5.74) is 2.85. The molecule has 1 atom stereocenters. The first-order chi connectivity index (χ1) is 14.2. The minimum Gasteiger partial charge on any atom is -0.332 e. The minimum absolute atomic E-state index is 0.00457. The summed E-state index contributed by atoms with van der Waals surface area (Å²) < 4.78 is 25.2. The number of hydrogen-bond acceptors (Lipinski definition) is 5. The molecule has 1 N–H and O–H groups in total. The molecule has 0 bridgehead atoms. The fourth-order valence-electron chi connectivity index (χ4n) is 4.30. The number of aromatic nitrogens is 2. The third-order valence-corrected chi connectivity index (χ3v) is 7.27. The molecule has 1 aromatic carbocycles. The molecule has 8 nitrogen and oxygen atoms in total. The molecule has 3 heterocycles. The number of carbonyl (C=O) groups is 1. The summed E-state index contributed by atoms with van der Waals surface area (Å²) in [4.78, 5) is 34.9. The minimum atomic E-state index is -3.36. The van der Waals surface area contributed by atoms with Gasteiger partial charge in [-0.3, -0.25) is 9.59 Å². The zero-order valence-electron chi connectivity index (χ0n) is 17.2. The number of hydrogen-bond donors (Lipinski definition) is 1. The molecule has 0 spiro atoms. The Morgan fingerprint density at radius 1 is 1.27 bits per heavy atom. The van der Waals surface area contributed by atoms with Crippen molar-refractivity contribution in [2.24, 2.45) is 0 Å². The number of nitrogens with one attached hydrogen (secondary N) is 1. The molecule has 0 aliphatic carbocycles. The number of H-pyrrole nitrogens is 1. The van der Waals surface area contributed by atoms with Crippen LogP contribution in [-0.4, -0.2) is 52.8 Å². The highest BCUT2D eigenvalue weighted by Gasteiger charge is 2.34. The SMILES string of the molecule is Cc1ccccc1CC(=O)N1CCC[C@@H]1c1nc2c(c(=O)[nH]1)CCN(S(C)(=O)=O)C2. The first-order valence-corrected chi connectivity index (χ1v) is 12.0. The van der Waals surface area contributed by atoms with E-state index in [4.69, 9.17) is 0 Å². The Kier molecular flexibility index (Phi) is 5.50. The summed E-state index contributed by atoms with van der Waals surface area (Å²) in [6.07, 6.45) is 3.36. The van der Waals surface area contributed by atoms with Gasteiger partial charge >= 0.3 is 0 Å². The van der Waals surface area contributed by atoms with Crippen LogP contribution in [-0.2, 0) is 34.2 Å². The Labute approximate surface area is 176 Å². The van der Waals surface area contributed by atoms with Crippen LogP contribution in [0.5, 0.6) is 0 Å². The van der Waals surface area contributed by atoms with E-state index >= 15 is 0 Å². The van der Waals surface area contributed by atoms with E-state index in [0.717, 1.165) is 30.2 Å². The molecule has 1 saturated heterocycles. The molecule has 2 aromatic rings. The summed E-state index contributed by atoms with van der Waals surface area (Å²) in [6, 6.07) is 7.52. The number of likely N-dealkylation sites (tertiary alicyclic amines) is 1. The second-order valence-electron chi connectivity index (χ2n) is 8.07. The lowest BCUT2D eigenvalue weighted by Crippen LogP contribution is -2.40. The molecule has 0 unspecified atom stereocenters. The second kappa shape index (κ2) is 7.96. The largest absolute Gasteiger partial charge is 0.332 e. The number of nitrogens with zero attached hydrogens (tertiary/aromatic N) is 3. The summed E-state index contributed by atoms with van der Waals surface area (Å²) in [5.74, 6) is 0.453. The average molecular weight is 431 g/mol. The zero-order valence-corrected chi connectivity index (χ0v) is 18.0. The van der Waals surface area contributed by atoms with Crippen LogP contribution in [0.4, 0.5) is 0 Å². The van der Waals surface area contributed by atoms with Crippen molar-refractivity contribution in [3.05, 3.63) is 62.8 Å². The molecule has 2 aliphatic heterocycles. The topological polar surface area (TPSA) is 103 Å². The lowest BCUT2D eigenvalue weighted by atomic mass is 10.0. The van der Waals surface area contributed by atoms with Gasteiger partial charge in [-0.25, -0.2) is 13.4 Å². The molecule has 1 amide bonds. The van der Waals surface area contributed by atoms with Crippen LogP contribution in [0, 0.1) is 6.92 Å². The number of fused-ring (bicyclic) bond motifs is 1. The highest BCUT2D eigenvalue weighted by Crippen LogP contribution is 2.31. The van der Waals surface area contributed by atoms with Crippen LogP contribution in [0.1, 0.15) is 47.1 Å². The average Bonchev–Trinajstić information content (AvgIpc) is 3.18. The third kappa shape index (κ3) is 4.04. The number of aromatic amines is 1. The van der Waals surface area contributed by atoms with Gasteiger partial charge in [-0.05, 0) is 37.3 Å². The van der Waals surface area contributed by atoms with Crippen LogP contribution >= 0.6 is 0 Å². The highest BCUT2D eigenvalue weighted by molar-refractivity contribution is 7.88. The van der Waals surface area contributed by atoms with Crippen molar-refractivity contribution in [3.63, 3.8) is 0 Å². The van der Waals surface area contributed by atoms with Crippen molar-refractivity contribution in [1.82, 2.24) is 19.2 Å². The fourth-order valence-corrected chi connectivity index (χ4v) is 5.08. The Morgan fingerprint density at radius 2 is 2.03 bits per heavy atom. The molecule has 2 aliphatic rings. The summed E-state index contributed by atoms with van der Waals surface area (Å²) in [6.45, 7) is 2.97. The van der Waals surface area contributed by atoms with Crippen molar-refractivity contribution in [2.75, 3.05) is 19.3 Å². The lowest BCUT2D eigenvalue weighted by molar-refractivity contribution is -0.131. The van der Waals surface area contributed by atoms with Crippen LogP contribution in [0.25, 0.3) is 0 Å². The van der Waals surface area contributed by atoms with Gasteiger partial charge < -0.3 is 9.88 Å². The number of amides is 1. The standard InChI is InChI=1S/C21H26N4O4S/c1-14-6-3-4-7-15(14)12-19(26)25-10-5-8-18(25)20-22-17-13-24(30(2,28)29)11-9-16(17)21(27)23-20/h3-4,6-7,18H,5,8-13H2,1-2H3,(H,22,23,27)/t18-/m1/s1. The van der Waals surface area contributed by atoms with Crippen molar-refractivity contribution in [1.29, 1.82) is 0 Å². The first-order valence-electron chi connectivity index (χ1n) is 10.1. The van der Waals surface area contributed by atoms with Gasteiger partial charge in [0.1, 0.15) is 5.82 Å². The summed E-state index contributed by atoms with van der Waals surface area (Å²) in [5, 5.41) is 0. The van der Waals surface area contributed by atoms with E-state index in [0.29, 0.717) is 36.5 Å². The second-order valence-corrected chi connectivity index (χ2v) is 10.1. The predicted octanol–water partition coefficient (Wildman–Crippen LogP) is 1.30. The molecule has 9 heteroatoms. The maximum Gasteiger partial charge on any atom is 0.254 e. The molecule has 0 saturated carbocycles. The molecule has 1 aromatic heterocycles. The Morgan fingerprint density at radius 3 is 2.77 bits per heavy atom. The Hall–Kier alpha value is -2.52.